The van der Waals surface area contributed by atoms with E-state index in [1.807, 2.05) is 0 Å². The molecule has 0 saturated heterocycles. The lowest BCUT2D eigenvalue weighted by Crippen LogP contribution is -1.81. The van der Waals surface area contributed by atoms with E-state index in [4.69, 9.17) is 4.42 Å². The van der Waals surface area contributed by atoms with E-state index in [0.717, 1.165) is 12.1 Å². The van der Waals surface area contributed by atoms with Crippen LogP contribution in [-0.4, -0.2) is 6.21 Å². The fourth-order valence-electron chi connectivity index (χ4n) is 1.07. The second-order valence-electron chi connectivity index (χ2n) is 2.87. The van der Waals surface area contributed by atoms with Crippen LogP contribution >= 0.6 is 0 Å². The van der Waals surface area contributed by atoms with Gasteiger partial charge in [0.15, 0.2) is 11.6 Å². The van der Waals surface area contributed by atoms with Gasteiger partial charge in [-0.2, -0.15) is 0 Å². The van der Waals surface area contributed by atoms with Gasteiger partial charge in [-0.1, -0.05) is 0 Å². The molecule has 1 aromatic carbocycles. The zero-order valence-corrected chi connectivity index (χ0v) is 7.65. The molecular formula is C11H7F2NO. The second kappa shape index (κ2) is 4.04. The molecule has 0 fully saturated rings. The first kappa shape index (κ1) is 9.58. The summed E-state index contributed by atoms with van der Waals surface area (Å²) in [4.78, 5) is 3.93. The molecule has 2 nitrogen and oxygen atoms in total. The molecule has 0 unspecified atom stereocenters. The van der Waals surface area contributed by atoms with Gasteiger partial charge in [-0.05, 0) is 24.3 Å². The Labute approximate surface area is 84.9 Å². The van der Waals surface area contributed by atoms with Crippen LogP contribution in [0.1, 0.15) is 5.76 Å². The van der Waals surface area contributed by atoms with E-state index in [0.29, 0.717) is 11.4 Å². The Morgan fingerprint density at radius 3 is 2.67 bits per heavy atom. The minimum absolute atomic E-state index is 0.338. The third kappa shape index (κ3) is 2.28. The average Bonchev–Trinajstić information content (AvgIpc) is 2.73. The molecule has 2 rings (SSSR count). The Bertz CT molecular complexity index is 477. The van der Waals surface area contributed by atoms with Crippen LogP contribution in [0.25, 0.3) is 0 Å². The van der Waals surface area contributed by atoms with E-state index in [1.54, 1.807) is 12.1 Å². The largest absolute Gasteiger partial charge is 0.463 e. The van der Waals surface area contributed by atoms with Gasteiger partial charge < -0.3 is 4.42 Å². The van der Waals surface area contributed by atoms with E-state index in [2.05, 4.69) is 4.99 Å². The van der Waals surface area contributed by atoms with E-state index in [-0.39, 0.29) is 0 Å². The van der Waals surface area contributed by atoms with E-state index in [9.17, 15) is 8.78 Å². The highest BCUT2D eigenvalue weighted by Gasteiger charge is 2.00. The maximum atomic E-state index is 12.8. The molecule has 76 valence electrons. The minimum atomic E-state index is -0.913. The highest BCUT2D eigenvalue weighted by atomic mass is 19.2. The number of benzene rings is 1. The summed E-state index contributed by atoms with van der Waals surface area (Å²) in [5.41, 5.74) is 0.338. The Hall–Kier alpha value is -1.97. The van der Waals surface area contributed by atoms with Gasteiger partial charge in [0.25, 0.3) is 0 Å². The molecule has 0 saturated carbocycles. The Morgan fingerprint density at radius 2 is 2.00 bits per heavy atom. The van der Waals surface area contributed by atoms with Crippen LogP contribution in [0.4, 0.5) is 14.5 Å². The first-order chi connectivity index (χ1) is 7.25. The number of rotatable bonds is 2. The van der Waals surface area contributed by atoms with Crippen molar-refractivity contribution in [2.45, 2.75) is 0 Å². The summed E-state index contributed by atoms with van der Waals surface area (Å²) in [7, 11) is 0. The molecule has 0 amide bonds. The van der Waals surface area contributed by atoms with Crippen LogP contribution in [0.5, 0.6) is 0 Å². The van der Waals surface area contributed by atoms with Gasteiger partial charge >= 0.3 is 0 Å². The van der Waals surface area contributed by atoms with Crippen molar-refractivity contribution < 1.29 is 13.2 Å². The predicted octanol–water partition coefficient (Wildman–Crippen LogP) is 3.31. The van der Waals surface area contributed by atoms with Crippen molar-refractivity contribution >= 4 is 11.9 Å². The molecule has 0 radical (unpaired) electrons. The first-order valence-corrected chi connectivity index (χ1v) is 4.28. The Balaban J connectivity index is 2.21. The molecule has 0 atom stereocenters. The van der Waals surface area contributed by atoms with Crippen molar-refractivity contribution in [1.29, 1.82) is 0 Å². The second-order valence-corrected chi connectivity index (χ2v) is 2.87. The van der Waals surface area contributed by atoms with Crippen LogP contribution in [-0.2, 0) is 0 Å². The molecule has 0 aliphatic rings. The quantitative estimate of drug-likeness (QED) is 0.693. The van der Waals surface area contributed by atoms with Gasteiger partial charge in [-0.15, -0.1) is 0 Å². The molecule has 0 bridgehead atoms. The lowest BCUT2D eigenvalue weighted by Gasteiger charge is -1.94. The maximum Gasteiger partial charge on any atom is 0.160 e. The van der Waals surface area contributed by atoms with E-state index < -0.39 is 11.6 Å². The zero-order valence-electron chi connectivity index (χ0n) is 7.65. The van der Waals surface area contributed by atoms with Crippen molar-refractivity contribution in [1.82, 2.24) is 0 Å². The molecule has 0 spiro atoms. The van der Waals surface area contributed by atoms with Gasteiger partial charge in [0.1, 0.15) is 5.76 Å². The fourth-order valence-corrected chi connectivity index (χ4v) is 1.07. The summed E-state index contributed by atoms with van der Waals surface area (Å²) in [5, 5.41) is 0. The lowest BCUT2D eigenvalue weighted by atomic mass is 10.3. The van der Waals surface area contributed by atoms with Crippen LogP contribution in [0.3, 0.4) is 0 Å². The predicted molar refractivity (Wildman–Crippen MR) is 52.3 cm³/mol. The number of halogens is 2. The minimum Gasteiger partial charge on any atom is -0.463 e. The lowest BCUT2D eigenvalue weighted by molar-refractivity contribution is 0.509. The molecule has 0 N–H and O–H groups in total. The zero-order chi connectivity index (χ0) is 10.7. The van der Waals surface area contributed by atoms with E-state index in [1.165, 1.54) is 18.5 Å². The fraction of sp³-hybridized carbons (Fsp3) is 0. The SMILES string of the molecule is Fc1ccc(N=Cc2ccco2)cc1F. The summed E-state index contributed by atoms with van der Waals surface area (Å²) in [6, 6.07) is 6.87. The monoisotopic (exact) mass is 207 g/mol. The van der Waals surface area contributed by atoms with Crippen LogP contribution < -0.4 is 0 Å². The van der Waals surface area contributed by atoms with Crippen molar-refractivity contribution in [3.63, 3.8) is 0 Å². The Morgan fingerprint density at radius 1 is 1.13 bits per heavy atom. The molecule has 0 aliphatic heterocycles. The van der Waals surface area contributed by atoms with Gasteiger partial charge in [0.2, 0.25) is 0 Å². The Kier molecular flexibility index (Phi) is 2.58. The van der Waals surface area contributed by atoms with Gasteiger partial charge in [-0.3, -0.25) is 4.99 Å². The summed E-state index contributed by atoms with van der Waals surface area (Å²) in [5.74, 6) is -1.24. The number of furan rings is 1. The molecule has 1 aromatic heterocycles. The maximum absolute atomic E-state index is 12.8. The molecule has 15 heavy (non-hydrogen) atoms. The number of hydrogen-bond acceptors (Lipinski definition) is 2. The topological polar surface area (TPSA) is 25.5 Å². The molecule has 4 heteroatoms. The number of aliphatic imine (C=N–C) groups is 1. The summed E-state index contributed by atoms with van der Waals surface area (Å²) in [6.07, 6.45) is 2.94. The van der Waals surface area contributed by atoms with Gasteiger partial charge in [0, 0.05) is 6.07 Å². The van der Waals surface area contributed by atoms with Crippen molar-refractivity contribution in [3.05, 3.63) is 54.0 Å². The summed E-state index contributed by atoms with van der Waals surface area (Å²) < 4.78 is 30.3. The van der Waals surface area contributed by atoms with Gasteiger partial charge in [-0.25, -0.2) is 8.78 Å². The third-order valence-corrected chi connectivity index (χ3v) is 1.79. The van der Waals surface area contributed by atoms with Crippen LogP contribution in [0, 0.1) is 11.6 Å². The van der Waals surface area contributed by atoms with E-state index >= 15 is 0 Å². The highest BCUT2D eigenvalue weighted by molar-refractivity contribution is 5.78. The third-order valence-electron chi connectivity index (χ3n) is 1.79. The van der Waals surface area contributed by atoms with Crippen molar-refractivity contribution in [2.24, 2.45) is 4.99 Å². The molecule has 1 heterocycles. The van der Waals surface area contributed by atoms with Crippen LogP contribution in [0.15, 0.2) is 46.0 Å². The van der Waals surface area contributed by atoms with Crippen LogP contribution in [0.2, 0.25) is 0 Å². The standard InChI is InChI=1S/C11H7F2NO/c12-10-4-3-8(6-11(10)13)14-7-9-2-1-5-15-9/h1-7H. The average molecular weight is 207 g/mol. The smallest absolute Gasteiger partial charge is 0.160 e. The number of hydrogen-bond donors (Lipinski definition) is 0. The highest BCUT2D eigenvalue weighted by Crippen LogP contribution is 2.15. The van der Waals surface area contributed by atoms with Crippen molar-refractivity contribution in [2.75, 3.05) is 0 Å². The summed E-state index contributed by atoms with van der Waals surface area (Å²) in [6.45, 7) is 0. The summed E-state index contributed by atoms with van der Waals surface area (Å²) >= 11 is 0. The first-order valence-electron chi connectivity index (χ1n) is 4.28. The number of nitrogens with zero attached hydrogens (tertiary/aromatic N) is 1. The normalized spacial score (nSPS) is 11.1. The molecule has 0 aliphatic carbocycles. The van der Waals surface area contributed by atoms with Gasteiger partial charge in [0.05, 0.1) is 18.2 Å². The van der Waals surface area contributed by atoms with Crippen molar-refractivity contribution in [3.8, 4) is 0 Å². The molecular weight excluding hydrogens is 200 g/mol. The molecule has 2 aromatic rings.